The molecular formula is C18H15NO3S. The van der Waals surface area contributed by atoms with Gasteiger partial charge in [-0.25, -0.2) is 0 Å². The standard InChI is InChI=1S/C18H15NO3S/c20-14-11-16(22-15-7-2-1-5-12(14)15)18(21)19-9-3-6-13(19)17-8-4-10-23-17/h1-2,4-5,7-8,10-11,13H,3,6,9H2. The molecule has 1 unspecified atom stereocenters. The molecule has 3 heterocycles. The minimum atomic E-state index is -0.205. The summed E-state index contributed by atoms with van der Waals surface area (Å²) in [6.45, 7) is 0.692. The molecule has 116 valence electrons. The van der Waals surface area contributed by atoms with Gasteiger partial charge in [0, 0.05) is 17.5 Å². The van der Waals surface area contributed by atoms with Gasteiger partial charge in [-0.3, -0.25) is 9.59 Å². The first-order valence-electron chi connectivity index (χ1n) is 7.61. The molecule has 1 amide bonds. The summed E-state index contributed by atoms with van der Waals surface area (Å²) in [6.07, 6.45) is 1.91. The minimum Gasteiger partial charge on any atom is -0.451 e. The van der Waals surface area contributed by atoms with Crippen molar-refractivity contribution in [3.05, 3.63) is 68.7 Å². The second-order valence-electron chi connectivity index (χ2n) is 5.64. The highest BCUT2D eigenvalue weighted by molar-refractivity contribution is 7.10. The van der Waals surface area contributed by atoms with Gasteiger partial charge in [0.2, 0.25) is 0 Å². The van der Waals surface area contributed by atoms with Crippen LogP contribution in [0.5, 0.6) is 0 Å². The Hall–Kier alpha value is -2.40. The van der Waals surface area contributed by atoms with E-state index in [0.29, 0.717) is 17.5 Å². The van der Waals surface area contributed by atoms with Gasteiger partial charge in [-0.05, 0) is 36.4 Å². The number of likely N-dealkylation sites (tertiary alicyclic amines) is 1. The molecule has 5 heteroatoms. The Labute approximate surface area is 137 Å². The van der Waals surface area contributed by atoms with Crippen LogP contribution < -0.4 is 5.43 Å². The average Bonchev–Trinajstić information content (AvgIpc) is 3.25. The SMILES string of the molecule is O=C(c1cc(=O)c2ccccc2o1)N1CCCC1c1cccs1. The summed E-state index contributed by atoms with van der Waals surface area (Å²) in [4.78, 5) is 28.0. The van der Waals surface area contributed by atoms with Crippen molar-refractivity contribution in [2.24, 2.45) is 0 Å². The second kappa shape index (κ2) is 5.66. The highest BCUT2D eigenvalue weighted by Crippen LogP contribution is 2.35. The first kappa shape index (κ1) is 14.2. The number of benzene rings is 1. The van der Waals surface area contributed by atoms with Crippen LogP contribution in [0.3, 0.4) is 0 Å². The van der Waals surface area contributed by atoms with Crippen LogP contribution in [0.2, 0.25) is 0 Å². The molecule has 0 spiro atoms. The van der Waals surface area contributed by atoms with E-state index in [4.69, 9.17) is 4.42 Å². The Morgan fingerprint density at radius 2 is 2.09 bits per heavy atom. The van der Waals surface area contributed by atoms with Crippen molar-refractivity contribution >= 4 is 28.2 Å². The van der Waals surface area contributed by atoms with Crippen LogP contribution in [0, 0.1) is 0 Å². The van der Waals surface area contributed by atoms with Crippen LogP contribution in [-0.2, 0) is 0 Å². The fraction of sp³-hybridized carbons (Fsp3) is 0.222. The van der Waals surface area contributed by atoms with E-state index in [-0.39, 0.29) is 23.1 Å². The third-order valence-electron chi connectivity index (χ3n) is 4.23. The van der Waals surface area contributed by atoms with Crippen LogP contribution in [0.15, 0.2) is 57.1 Å². The summed E-state index contributed by atoms with van der Waals surface area (Å²) >= 11 is 1.66. The van der Waals surface area contributed by atoms with Gasteiger partial charge < -0.3 is 9.32 Å². The Morgan fingerprint density at radius 1 is 1.22 bits per heavy atom. The lowest BCUT2D eigenvalue weighted by molar-refractivity contribution is 0.0706. The summed E-state index contributed by atoms with van der Waals surface area (Å²) in [5.41, 5.74) is 0.275. The number of thiophene rings is 1. The maximum absolute atomic E-state index is 12.8. The largest absolute Gasteiger partial charge is 0.451 e. The molecule has 1 aliphatic rings. The van der Waals surface area contributed by atoms with Gasteiger partial charge in [0.15, 0.2) is 11.2 Å². The molecule has 1 saturated heterocycles. The number of carbonyl (C=O) groups excluding carboxylic acids is 1. The predicted molar refractivity (Wildman–Crippen MR) is 89.8 cm³/mol. The van der Waals surface area contributed by atoms with Gasteiger partial charge in [0.1, 0.15) is 5.58 Å². The van der Waals surface area contributed by atoms with Crippen LogP contribution in [-0.4, -0.2) is 17.4 Å². The molecule has 0 aliphatic carbocycles. The lowest BCUT2D eigenvalue weighted by atomic mass is 10.1. The van der Waals surface area contributed by atoms with E-state index in [2.05, 4.69) is 6.07 Å². The second-order valence-corrected chi connectivity index (χ2v) is 6.62. The number of carbonyl (C=O) groups is 1. The Kier molecular flexibility index (Phi) is 3.50. The zero-order chi connectivity index (χ0) is 15.8. The van der Waals surface area contributed by atoms with E-state index in [1.165, 1.54) is 10.9 Å². The van der Waals surface area contributed by atoms with Crippen molar-refractivity contribution in [1.29, 1.82) is 0 Å². The Bertz CT molecular complexity index is 913. The van der Waals surface area contributed by atoms with Gasteiger partial charge in [-0.15, -0.1) is 11.3 Å². The Morgan fingerprint density at radius 3 is 2.91 bits per heavy atom. The first-order chi connectivity index (χ1) is 11.2. The molecule has 3 aromatic rings. The molecule has 4 rings (SSSR count). The molecule has 1 fully saturated rings. The summed E-state index contributed by atoms with van der Waals surface area (Å²) in [5.74, 6) is -0.0825. The van der Waals surface area contributed by atoms with E-state index >= 15 is 0 Å². The van der Waals surface area contributed by atoms with Crippen molar-refractivity contribution in [3.63, 3.8) is 0 Å². The normalized spacial score (nSPS) is 17.7. The van der Waals surface area contributed by atoms with E-state index in [9.17, 15) is 9.59 Å². The summed E-state index contributed by atoms with van der Waals surface area (Å²) in [7, 11) is 0. The smallest absolute Gasteiger partial charge is 0.290 e. The molecule has 4 nitrogen and oxygen atoms in total. The van der Waals surface area contributed by atoms with Gasteiger partial charge >= 0.3 is 0 Å². The third kappa shape index (κ3) is 2.47. The van der Waals surface area contributed by atoms with Crippen LogP contribution in [0.25, 0.3) is 11.0 Å². The van der Waals surface area contributed by atoms with Gasteiger partial charge in [-0.1, -0.05) is 18.2 Å². The summed E-state index contributed by atoms with van der Waals surface area (Å²) in [6, 6.07) is 12.5. The number of hydrogen-bond donors (Lipinski definition) is 0. The number of nitrogens with zero attached hydrogens (tertiary/aromatic N) is 1. The number of hydrogen-bond acceptors (Lipinski definition) is 4. The summed E-state index contributed by atoms with van der Waals surface area (Å²) < 4.78 is 5.69. The minimum absolute atomic E-state index is 0.0827. The molecule has 1 aliphatic heterocycles. The van der Waals surface area contributed by atoms with Gasteiger partial charge in [-0.2, -0.15) is 0 Å². The van der Waals surface area contributed by atoms with Crippen molar-refractivity contribution < 1.29 is 9.21 Å². The molecule has 0 bridgehead atoms. The zero-order valence-electron chi connectivity index (χ0n) is 12.4. The monoisotopic (exact) mass is 325 g/mol. The topological polar surface area (TPSA) is 50.5 Å². The highest BCUT2D eigenvalue weighted by Gasteiger charge is 2.32. The lowest BCUT2D eigenvalue weighted by Gasteiger charge is -2.23. The first-order valence-corrected chi connectivity index (χ1v) is 8.49. The Balaban J connectivity index is 1.73. The molecule has 23 heavy (non-hydrogen) atoms. The fourth-order valence-electron chi connectivity index (χ4n) is 3.14. The van der Waals surface area contributed by atoms with Crippen LogP contribution in [0.4, 0.5) is 0 Å². The average molecular weight is 325 g/mol. The number of amides is 1. The molecule has 0 radical (unpaired) electrons. The van der Waals surface area contributed by atoms with Crippen molar-refractivity contribution in [3.8, 4) is 0 Å². The maximum Gasteiger partial charge on any atom is 0.290 e. The molecule has 0 saturated carbocycles. The van der Waals surface area contributed by atoms with Crippen molar-refractivity contribution in [2.75, 3.05) is 6.54 Å². The van der Waals surface area contributed by atoms with Crippen molar-refractivity contribution in [1.82, 2.24) is 4.90 Å². The molecule has 2 aromatic heterocycles. The van der Waals surface area contributed by atoms with Crippen molar-refractivity contribution in [2.45, 2.75) is 18.9 Å². The van der Waals surface area contributed by atoms with Gasteiger partial charge in [0.25, 0.3) is 5.91 Å². The number of rotatable bonds is 2. The number of fused-ring (bicyclic) bond motifs is 1. The van der Waals surface area contributed by atoms with Gasteiger partial charge in [0.05, 0.1) is 11.4 Å². The van der Waals surface area contributed by atoms with Crippen LogP contribution >= 0.6 is 11.3 Å². The van der Waals surface area contributed by atoms with E-state index < -0.39 is 0 Å². The maximum atomic E-state index is 12.8. The molecule has 1 aromatic carbocycles. The highest BCUT2D eigenvalue weighted by atomic mass is 32.1. The van der Waals surface area contributed by atoms with E-state index in [0.717, 1.165) is 12.8 Å². The molecule has 1 atom stereocenters. The molecule has 0 N–H and O–H groups in total. The number of para-hydroxylation sites is 1. The fourth-order valence-corrected chi connectivity index (χ4v) is 4.01. The van der Waals surface area contributed by atoms with Crippen LogP contribution in [0.1, 0.15) is 34.3 Å². The lowest BCUT2D eigenvalue weighted by Crippen LogP contribution is -2.30. The predicted octanol–water partition coefficient (Wildman–Crippen LogP) is 3.83. The quantitative estimate of drug-likeness (QED) is 0.719. The van der Waals surface area contributed by atoms with E-state index in [1.807, 2.05) is 16.3 Å². The third-order valence-corrected chi connectivity index (χ3v) is 5.20. The zero-order valence-corrected chi connectivity index (χ0v) is 13.2. The summed E-state index contributed by atoms with van der Waals surface area (Å²) in [5, 5.41) is 2.52. The van der Waals surface area contributed by atoms with E-state index in [1.54, 1.807) is 35.6 Å². The molecular weight excluding hydrogens is 310 g/mol.